The van der Waals surface area contributed by atoms with Crippen LogP contribution >= 0.6 is 12.2 Å². The summed E-state index contributed by atoms with van der Waals surface area (Å²) in [6.45, 7) is 4.14. The molecule has 3 heterocycles. The summed E-state index contributed by atoms with van der Waals surface area (Å²) in [5.74, 6) is 1.77. The second kappa shape index (κ2) is 10.3. The molecule has 7 heteroatoms. The molecule has 39 heavy (non-hydrogen) atoms. The largest absolute Gasteiger partial charge is 0.506 e. The SMILES string of the molecule is Cc1cc([C@H]2[C@H](c3ccccn3)NC(=S)N2c2ccc(Oc3ccccc3)cc2)c(C)n1-c1ccccc1O. The monoisotopic (exact) mass is 532 g/mol. The van der Waals surface area contributed by atoms with E-state index in [1.807, 2.05) is 91.0 Å². The zero-order chi connectivity index (χ0) is 26.9. The number of rotatable bonds is 6. The number of hydrogen-bond acceptors (Lipinski definition) is 4. The number of nitrogens with one attached hydrogen (secondary N) is 1. The number of nitrogens with zero attached hydrogens (tertiary/aromatic N) is 3. The fraction of sp³-hybridized carbons (Fsp3) is 0.125. The number of thiocarbonyl (C=S) groups is 1. The van der Waals surface area contributed by atoms with Crippen LogP contribution in [0.1, 0.15) is 34.7 Å². The van der Waals surface area contributed by atoms with Crippen molar-refractivity contribution in [2.45, 2.75) is 25.9 Å². The van der Waals surface area contributed by atoms with E-state index in [1.165, 1.54) is 0 Å². The van der Waals surface area contributed by atoms with Crippen LogP contribution < -0.4 is 15.0 Å². The van der Waals surface area contributed by atoms with Gasteiger partial charge in [0.1, 0.15) is 17.2 Å². The maximum absolute atomic E-state index is 10.6. The zero-order valence-corrected chi connectivity index (χ0v) is 22.5. The first-order chi connectivity index (χ1) is 19.0. The second-order valence-electron chi connectivity index (χ2n) is 9.56. The maximum Gasteiger partial charge on any atom is 0.174 e. The molecular weight excluding hydrogens is 504 g/mol. The molecule has 1 fully saturated rings. The van der Waals surface area contributed by atoms with E-state index < -0.39 is 0 Å². The highest BCUT2D eigenvalue weighted by Crippen LogP contribution is 2.44. The third-order valence-corrected chi connectivity index (χ3v) is 7.42. The first kappa shape index (κ1) is 24.7. The lowest BCUT2D eigenvalue weighted by molar-refractivity contribution is 0.471. The van der Waals surface area contributed by atoms with Crippen molar-refractivity contribution >= 4 is 23.0 Å². The molecule has 2 N–H and O–H groups in total. The fourth-order valence-electron chi connectivity index (χ4n) is 5.36. The van der Waals surface area contributed by atoms with Gasteiger partial charge in [0.25, 0.3) is 0 Å². The maximum atomic E-state index is 10.6. The molecule has 0 aliphatic carbocycles. The van der Waals surface area contributed by atoms with Crippen LogP contribution in [0, 0.1) is 13.8 Å². The Kier molecular flexibility index (Phi) is 6.50. The number of para-hydroxylation sites is 3. The summed E-state index contributed by atoms with van der Waals surface area (Å²) in [5, 5.41) is 14.8. The Hall–Kier alpha value is -4.62. The minimum Gasteiger partial charge on any atom is -0.506 e. The first-order valence-corrected chi connectivity index (χ1v) is 13.2. The fourth-order valence-corrected chi connectivity index (χ4v) is 5.71. The highest BCUT2D eigenvalue weighted by molar-refractivity contribution is 7.80. The number of benzene rings is 3. The third-order valence-electron chi connectivity index (χ3n) is 7.10. The van der Waals surface area contributed by atoms with Gasteiger partial charge in [0.05, 0.1) is 23.5 Å². The molecule has 2 aromatic heterocycles. The van der Waals surface area contributed by atoms with Crippen molar-refractivity contribution in [3.63, 3.8) is 0 Å². The summed E-state index contributed by atoms with van der Waals surface area (Å²) in [7, 11) is 0. The number of aromatic hydroxyl groups is 1. The quantitative estimate of drug-likeness (QED) is 0.226. The van der Waals surface area contributed by atoms with Crippen molar-refractivity contribution in [1.82, 2.24) is 14.9 Å². The Bertz CT molecular complexity index is 1620. The smallest absolute Gasteiger partial charge is 0.174 e. The van der Waals surface area contributed by atoms with E-state index in [2.05, 4.69) is 39.7 Å². The van der Waals surface area contributed by atoms with Crippen LogP contribution in [0.2, 0.25) is 0 Å². The second-order valence-corrected chi connectivity index (χ2v) is 9.94. The van der Waals surface area contributed by atoms with Crippen molar-refractivity contribution in [2.24, 2.45) is 0 Å². The van der Waals surface area contributed by atoms with Crippen molar-refractivity contribution < 1.29 is 9.84 Å². The lowest BCUT2D eigenvalue weighted by atomic mass is 9.96. The van der Waals surface area contributed by atoms with E-state index in [0.717, 1.165) is 45.5 Å². The van der Waals surface area contributed by atoms with E-state index in [0.29, 0.717) is 5.11 Å². The van der Waals surface area contributed by atoms with Crippen LogP contribution in [0.25, 0.3) is 5.69 Å². The van der Waals surface area contributed by atoms with Gasteiger partial charge in [-0.1, -0.05) is 36.4 Å². The van der Waals surface area contributed by atoms with E-state index >= 15 is 0 Å². The number of hydrogen-bond donors (Lipinski definition) is 2. The molecule has 5 aromatic rings. The van der Waals surface area contributed by atoms with Crippen molar-refractivity contribution in [2.75, 3.05) is 4.90 Å². The third kappa shape index (κ3) is 4.62. The van der Waals surface area contributed by atoms with Gasteiger partial charge in [-0.3, -0.25) is 4.98 Å². The lowest BCUT2D eigenvalue weighted by Crippen LogP contribution is -2.29. The van der Waals surface area contributed by atoms with Crippen LogP contribution in [0.4, 0.5) is 5.69 Å². The predicted octanol–water partition coefficient (Wildman–Crippen LogP) is 7.16. The van der Waals surface area contributed by atoms with Crippen molar-refractivity contribution in [1.29, 1.82) is 0 Å². The Morgan fingerprint density at radius 1 is 0.846 bits per heavy atom. The molecule has 2 atom stereocenters. The molecule has 0 saturated carbocycles. The van der Waals surface area contributed by atoms with Gasteiger partial charge in [-0.05, 0) is 98.4 Å². The van der Waals surface area contributed by atoms with Gasteiger partial charge in [-0.2, -0.15) is 0 Å². The van der Waals surface area contributed by atoms with Gasteiger partial charge in [0, 0.05) is 23.3 Å². The van der Waals surface area contributed by atoms with Crippen LogP contribution in [-0.2, 0) is 0 Å². The average molecular weight is 533 g/mol. The number of aryl methyl sites for hydroxylation is 1. The first-order valence-electron chi connectivity index (χ1n) is 12.8. The molecule has 0 unspecified atom stereocenters. The van der Waals surface area contributed by atoms with E-state index in [-0.39, 0.29) is 17.8 Å². The number of phenols is 1. The normalized spacial score (nSPS) is 16.8. The summed E-state index contributed by atoms with van der Waals surface area (Å²) >= 11 is 5.92. The topological polar surface area (TPSA) is 62.5 Å². The molecule has 1 saturated heterocycles. The summed E-state index contributed by atoms with van der Waals surface area (Å²) in [6, 6.07) is 32.9. The van der Waals surface area contributed by atoms with E-state index in [9.17, 15) is 5.11 Å². The van der Waals surface area contributed by atoms with Gasteiger partial charge >= 0.3 is 0 Å². The number of ether oxygens (including phenoxy) is 1. The van der Waals surface area contributed by atoms with Gasteiger partial charge in [0.15, 0.2) is 5.11 Å². The molecule has 1 aliphatic rings. The zero-order valence-electron chi connectivity index (χ0n) is 21.7. The molecule has 3 aromatic carbocycles. The lowest BCUT2D eigenvalue weighted by Gasteiger charge is -2.28. The van der Waals surface area contributed by atoms with Crippen LogP contribution in [0.3, 0.4) is 0 Å². The summed E-state index contributed by atoms with van der Waals surface area (Å²) < 4.78 is 8.11. The Morgan fingerprint density at radius 3 is 2.26 bits per heavy atom. The molecule has 1 aliphatic heterocycles. The molecule has 0 bridgehead atoms. The average Bonchev–Trinajstić information content (AvgIpc) is 3.45. The van der Waals surface area contributed by atoms with Crippen molar-refractivity contribution in [3.8, 4) is 22.9 Å². The number of anilines is 1. The van der Waals surface area contributed by atoms with Crippen molar-refractivity contribution in [3.05, 3.63) is 132 Å². The van der Waals surface area contributed by atoms with Gasteiger partial charge in [0.2, 0.25) is 0 Å². The Morgan fingerprint density at radius 2 is 1.54 bits per heavy atom. The van der Waals surface area contributed by atoms with Crippen LogP contribution in [0.15, 0.2) is 109 Å². The molecule has 0 radical (unpaired) electrons. The summed E-state index contributed by atoms with van der Waals surface area (Å²) in [6.07, 6.45) is 1.81. The van der Waals surface area contributed by atoms with Gasteiger partial charge < -0.3 is 24.6 Å². The highest BCUT2D eigenvalue weighted by atomic mass is 32.1. The molecule has 6 nitrogen and oxygen atoms in total. The summed E-state index contributed by atoms with van der Waals surface area (Å²) in [5.41, 5.74) is 5.75. The summed E-state index contributed by atoms with van der Waals surface area (Å²) in [4.78, 5) is 6.83. The minimum absolute atomic E-state index is 0.168. The highest BCUT2D eigenvalue weighted by Gasteiger charge is 2.42. The standard InChI is InChI=1S/C32H28N4O2S/c1-21-20-26(22(2)35(21)28-13-6-7-14-29(28)37)31-30(27-12-8-9-19-33-27)34-32(39)36(31)23-15-17-25(18-16-23)38-24-10-4-3-5-11-24/h3-20,30-31,37H,1-2H3,(H,34,39)/t30-,31-/m0/s1. The van der Waals surface area contributed by atoms with Crippen LogP contribution in [0.5, 0.6) is 17.2 Å². The Labute approximate surface area is 233 Å². The number of pyridine rings is 1. The minimum atomic E-state index is -0.169. The van der Waals surface area contributed by atoms with Gasteiger partial charge in [-0.15, -0.1) is 0 Å². The molecule has 0 spiro atoms. The molecule has 6 rings (SSSR count). The van der Waals surface area contributed by atoms with Crippen LogP contribution in [-0.4, -0.2) is 19.8 Å². The van der Waals surface area contributed by atoms with E-state index in [4.69, 9.17) is 17.0 Å². The number of aromatic nitrogens is 2. The van der Waals surface area contributed by atoms with Gasteiger partial charge in [-0.25, -0.2) is 0 Å². The Balaban J connectivity index is 1.43. The molecule has 194 valence electrons. The molecular formula is C32H28N4O2S. The predicted molar refractivity (Wildman–Crippen MR) is 158 cm³/mol. The van der Waals surface area contributed by atoms with E-state index in [1.54, 1.807) is 12.3 Å². The number of phenolic OH excluding ortho intramolecular Hbond substituents is 1. The molecule has 0 amide bonds.